The number of phenols is 1. The number of benzene rings is 1. The zero-order chi connectivity index (χ0) is 13.2. The highest BCUT2D eigenvalue weighted by molar-refractivity contribution is 5.38. The molecule has 0 spiro atoms. The predicted molar refractivity (Wildman–Crippen MR) is 69.7 cm³/mol. The van der Waals surface area contributed by atoms with E-state index < -0.39 is 0 Å². The van der Waals surface area contributed by atoms with Gasteiger partial charge in [-0.1, -0.05) is 11.2 Å². The second-order valence-corrected chi connectivity index (χ2v) is 4.94. The van der Waals surface area contributed by atoms with E-state index in [0.717, 1.165) is 19.3 Å². The van der Waals surface area contributed by atoms with Crippen LogP contribution in [-0.4, -0.2) is 15.2 Å². The van der Waals surface area contributed by atoms with E-state index in [1.165, 1.54) is 11.1 Å². The van der Waals surface area contributed by atoms with Gasteiger partial charge in [0.05, 0.1) is 6.54 Å². The van der Waals surface area contributed by atoms with Crippen LogP contribution in [0.5, 0.6) is 5.75 Å². The van der Waals surface area contributed by atoms with E-state index in [1.807, 2.05) is 12.1 Å². The van der Waals surface area contributed by atoms with Gasteiger partial charge in [0, 0.05) is 13.0 Å². The molecular formula is C14H17N3O2. The normalized spacial score (nSPS) is 18.3. The standard InChI is InChI=1S/C14H17N3O2/c1-9-16-14(17-19-9)8-15-13-4-2-3-10-7-11(18)5-6-12(10)13/h5-7,13,15,18H,2-4,8H2,1H3. The fourth-order valence-electron chi connectivity index (χ4n) is 2.64. The molecule has 0 radical (unpaired) electrons. The first-order chi connectivity index (χ1) is 9.22. The van der Waals surface area contributed by atoms with Crippen molar-refractivity contribution in [1.29, 1.82) is 0 Å². The molecule has 2 N–H and O–H groups in total. The summed E-state index contributed by atoms with van der Waals surface area (Å²) in [5, 5.41) is 16.9. The van der Waals surface area contributed by atoms with Crippen LogP contribution in [0, 0.1) is 6.92 Å². The molecule has 0 amide bonds. The summed E-state index contributed by atoms with van der Waals surface area (Å²) in [6.07, 6.45) is 3.25. The number of hydrogen-bond acceptors (Lipinski definition) is 5. The van der Waals surface area contributed by atoms with E-state index in [4.69, 9.17) is 4.52 Å². The minimum absolute atomic E-state index is 0.295. The number of phenolic OH excluding ortho intramolecular Hbond substituents is 1. The van der Waals surface area contributed by atoms with Crippen LogP contribution in [0.15, 0.2) is 22.7 Å². The monoisotopic (exact) mass is 259 g/mol. The molecule has 1 aromatic heterocycles. The van der Waals surface area contributed by atoms with Crippen molar-refractivity contribution in [2.75, 3.05) is 0 Å². The Morgan fingerprint density at radius 3 is 3.16 bits per heavy atom. The Morgan fingerprint density at radius 1 is 1.47 bits per heavy atom. The molecule has 0 bridgehead atoms. The van der Waals surface area contributed by atoms with Crippen molar-refractivity contribution >= 4 is 0 Å². The van der Waals surface area contributed by atoms with E-state index >= 15 is 0 Å². The first-order valence-corrected chi connectivity index (χ1v) is 6.57. The van der Waals surface area contributed by atoms with Gasteiger partial charge < -0.3 is 14.9 Å². The molecule has 19 heavy (non-hydrogen) atoms. The summed E-state index contributed by atoms with van der Waals surface area (Å²) >= 11 is 0. The molecule has 3 rings (SSSR count). The fraction of sp³-hybridized carbons (Fsp3) is 0.429. The van der Waals surface area contributed by atoms with Crippen molar-refractivity contribution in [3.05, 3.63) is 41.0 Å². The Morgan fingerprint density at radius 2 is 2.37 bits per heavy atom. The van der Waals surface area contributed by atoms with E-state index in [1.54, 1.807) is 13.0 Å². The van der Waals surface area contributed by atoms with Gasteiger partial charge in [-0.3, -0.25) is 0 Å². The second kappa shape index (κ2) is 5.01. The number of rotatable bonds is 3. The third-order valence-electron chi connectivity index (χ3n) is 3.52. The van der Waals surface area contributed by atoms with Crippen LogP contribution in [0.2, 0.25) is 0 Å². The topological polar surface area (TPSA) is 71.2 Å². The number of aromatic hydroxyl groups is 1. The van der Waals surface area contributed by atoms with Crippen molar-refractivity contribution in [3.8, 4) is 5.75 Å². The molecule has 0 saturated heterocycles. The van der Waals surface area contributed by atoms with Crippen molar-refractivity contribution in [1.82, 2.24) is 15.5 Å². The zero-order valence-corrected chi connectivity index (χ0v) is 10.9. The average Bonchev–Trinajstić information content (AvgIpc) is 2.81. The van der Waals surface area contributed by atoms with Crippen LogP contribution in [0.1, 0.15) is 41.7 Å². The van der Waals surface area contributed by atoms with Crippen molar-refractivity contribution in [2.45, 2.75) is 38.8 Å². The zero-order valence-electron chi connectivity index (χ0n) is 10.9. The van der Waals surface area contributed by atoms with Gasteiger partial charge in [0.2, 0.25) is 5.89 Å². The van der Waals surface area contributed by atoms with Crippen molar-refractivity contribution < 1.29 is 9.63 Å². The summed E-state index contributed by atoms with van der Waals surface area (Å²) in [5.74, 6) is 1.61. The molecule has 1 heterocycles. The first-order valence-electron chi connectivity index (χ1n) is 6.57. The van der Waals surface area contributed by atoms with Gasteiger partial charge in [-0.05, 0) is 42.5 Å². The maximum Gasteiger partial charge on any atom is 0.223 e. The van der Waals surface area contributed by atoms with Crippen LogP contribution in [0.4, 0.5) is 0 Å². The number of fused-ring (bicyclic) bond motifs is 1. The maximum absolute atomic E-state index is 9.53. The molecule has 0 aliphatic heterocycles. The molecule has 1 aliphatic carbocycles. The Kier molecular flexibility index (Phi) is 3.21. The Hall–Kier alpha value is -1.88. The number of nitrogens with zero attached hydrogens (tertiary/aromatic N) is 2. The van der Waals surface area contributed by atoms with Crippen LogP contribution >= 0.6 is 0 Å². The maximum atomic E-state index is 9.53. The number of aromatic nitrogens is 2. The molecular weight excluding hydrogens is 242 g/mol. The summed E-state index contributed by atoms with van der Waals surface area (Å²) in [6.45, 7) is 2.39. The Labute approximate surface area is 111 Å². The van der Waals surface area contributed by atoms with Gasteiger partial charge in [-0.25, -0.2) is 0 Å². The molecule has 1 atom stereocenters. The molecule has 2 aromatic rings. The largest absolute Gasteiger partial charge is 0.508 e. The van der Waals surface area contributed by atoms with Gasteiger partial charge >= 0.3 is 0 Å². The number of hydrogen-bond donors (Lipinski definition) is 2. The lowest BCUT2D eigenvalue weighted by atomic mass is 9.87. The molecule has 1 aliphatic rings. The molecule has 100 valence electrons. The Bertz CT molecular complexity index is 580. The highest BCUT2D eigenvalue weighted by Crippen LogP contribution is 2.31. The predicted octanol–water partition coefficient (Wildman–Crippen LogP) is 2.25. The lowest BCUT2D eigenvalue weighted by molar-refractivity contribution is 0.380. The van der Waals surface area contributed by atoms with Gasteiger partial charge in [-0.15, -0.1) is 0 Å². The molecule has 1 aromatic carbocycles. The van der Waals surface area contributed by atoms with E-state index in [9.17, 15) is 5.11 Å². The summed E-state index contributed by atoms with van der Waals surface area (Å²) in [5.41, 5.74) is 2.50. The van der Waals surface area contributed by atoms with E-state index in [0.29, 0.717) is 30.1 Å². The first kappa shape index (κ1) is 12.2. The second-order valence-electron chi connectivity index (χ2n) is 4.94. The minimum atomic E-state index is 0.295. The third-order valence-corrected chi connectivity index (χ3v) is 3.52. The van der Waals surface area contributed by atoms with Crippen LogP contribution in [0.3, 0.4) is 0 Å². The summed E-state index contributed by atoms with van der Waals surface area (Å²) in [7, 11) is 0. The smallest absolute Gasteiger partial charge is 0.223 e. The van der Waals surface area contributed by atoms with Crippen molar-refractivity contribution in [2.24, 2.45) is 0 Å². The molecule has 0 saturated carbocycles. The highest BCUT2D eigenvalue weighted by atomic mass is 16.5. The van der Waals surface area contributed by atoms with Crippen LogP contribution in [0.25, 0.3) is 0 Å². The average molecular weight is 259 g/mol. The molecule has 5 nitrogen and oxygen atoms in total. The van der Waals surface area contributed by atoms with Crippen LogP contribution < -0.4 is 5.32 Å². The fourth-order valence-corrected chi connectivity index (χ4v) is 2.64. The number of aryl methyl sites for hydroxylation is 2. The van der Waals surface area contributed by atoms with Crippen molar-refractivity contribution in [3.63, 3.8) is 0 Å². The van der Waals surface area contributed by atoms with Gasteiger partial charge in [-0.2, -0.15) is 4.98 Å². The molecule has 0 fully saturated rings. The third kappa shape index (κ3) is 2.61. The summed E-state index contributed by atoms with van der Waals surface area (Å²) in [6, 6.07) is 5.91. The van der Waals surface area contributed by atoms with E-state index in [2.05, 4.69) is 15.5 Å². The SMILES string of the molecule is Cc1nc(CNC2CCCc3cc(O)ccc32)no1. The summed E-state index contributed by atoms with van der Waals surface area (Å²) < 4.78 is 4.96. The summed E-state index contributed by atoms with van der Waals surface area (Å²) in [4.78, 5) is 4.18. The lowest BCUT2D eigenvalue weighted by Gasteiger charge is -2.26. The van der Waals surface area contributed by atoms with Gasteiger partial charge in [0.15, 0.2) is 5.82 Å². The van der Waals surface area contributed by atoms with Gasteiger partial charge in [0.1, 0.15) is 5.75 Å². The highest BCUT2D eigenvalue weighted by Gasteiger charge is 2.20. The van der Waals surface area contributed by atoms with Crippen LogP contribution in [-0.2, 0) is 13.0 Å². The minimum Gasteiger partial charge on any atom is -0.508 e. The number of nitrogens with one attached hydrogen (secondary N) is 1. The lowest BCUT2D eigenvalue weighted by Crippen LogP contribution is -2.25. The van der Waals surface area contributed by atoms with Gasteiger partial charge in [0.25, 0.3) is 0 Å². The molecule has 5 heteroatoms. The molecule has 1 unspecified atom stereocenters. The quantitative estimate of drug-likeness (QED) is 0.884. The Balaban J connectivity index is 1.73. The van der Waals surface area contributed by atoms with E-state index in [-0.39, 0.29) is 0 Å².